The highest BCUT2D eigenvalue weighted by atomic mass is 16.5. The Morgan fingerprint density at radius 3 is 2.81 bits per heavy atom. The first-order chi connectivity index (χ1) is 10.3. The topological polar surface area (TPSA) is 56.5 Å². The van der Waals surface area contributed by atoms with E-state index in [4.69, 9.17) is 15.2 Å². The molecule has 4 nitrogen and oxygen atoms in total. The molecule has 0 aliphatic carbocycles. The molecule has 0 bridgehead atoms. The van der Waals surface area contributed by atoms with Crippen LogP contribution in [0.15, 0.2) is 42.5 Å². The van der Waals surface area contributed by atoms with E-state index >= 15 is 0 Å². The van der Waals surface area contributed by atoms with Crippen LogP contribution in [0.1, 0.15) is 23.6 Å². The van der Waals surface area contributed by atoms with Crippen LogP contribution in [0.4, 0.5) is 5.69 Å². The summed E-state index contributed by atoms with van der Waals surface area (Å²) in [5, 5.41) is 3.59. The number of nitrogens with two attached hydrogens (primary N) is 1. The number of methoxy groups -OCH3 is 1. The van der Waals surface area contributed by atoms with E-state index in [1.54, 1.807) is 7.11 Å². The summed E-state index contributed by atoms with van der Waals surface area (Å²) in [6.07, 6.45) is 0.967. The van der Waals surface area contributed by atoms with E-state index in [1.807, 2.05) is 24.3 Å². The van der Waals surface area contributed by atoms with Gasteiger partial charge in [-0.2, -0.15) is 0 Å². The first-order valence-corrected chi connectivity index (χ1v) is 7.15. The number of benzene rings is 2. The Labute approximate surface area is 124 Å². The lowest BCUT2D eigenvalue weighted by molar-refractivity contribution is 0.250. The summed E-state index contributed by atoms with van der Waals surface area (Å²) in [5.41, 5.74) is 8.92. The van der Waals surface area contributed by atoms with Crippen LogP contribution >= 0.6 is 0 Å². The van der Waals surface area contributed by atoms with Crippen LogP contribution < -0.4 is 20.5 Å². The SMILES string of the molecule is COc1ccc2c(c1)OCCC2NCc1ccc(N)cc1. The molecule has 1 aliphatic heterocycles. The molecule has 2 aromatic carbocycles. The molecule has 0 aromatic heterocycles. The lowest BCUT2D eigenvalue weighted by Gasteiger charge is -2.27. The molecule has 1 aliphatic rings. The van der Waals surface area contributed by atoms with Crippen LogP contribution in [0.5, 0.6) is 11.5 Å². The summed E-state index contributed by atoms with van der Waals surface area (Å²) >= 11 is 0. The summed E-state index contributed by atoms with van der Waals surface area (Å²) in [5.74, 6) is 1.74. The van der Waals surface area contributed by atoms with Crippen LogP contribution in [0.3, 0.4) is 0 Å². The monoisotopic (exact) mass is 284 g/mol. The van der Waals surface area contributed by atoms with Gasteiger partial charge in [0.15, 0.2) is 0 Å². The average molecular weight is 284 g/mol. The van der Waals surface area contributed by atoms with Gasteiger partial charge in [0.1, 0.15) is 11.5 Å². The molecule has 3 rings (SSSR count). The molecular formula is C17H20N2O2. The molecule has 0 saturated carbocycles. The molecule has 1 atom stereocenters. The van der Waals surface area contributed by atoms with Gasteiger partial charge in [-0.3, -0.25) is 0 Å². The Kier molecular flexibility index (Phi) is 3.97. The Morgan fingerprint density at radius 2 is 2.05 bits per heavy atom. The average Bonchev–Trinajstić information content (AvgIpc) is 2.53. The standard InChI is InChI=1S/C17H20N2O2/c1-20-14-6-7-15-16(8-9-21-17(15)10-14)19-11-12-2-4-13(18)5-3-12/h2-7,10,16,19H,8-9,11,18H2,1H3. The Balaban J connectivity index is 1.71. The Hall–Kier alpha value is -2.20. The van der Waals surface area contributed by atoms with Gasteiger partial charge in [-0.1, -0.05) is 18.2 Å². The molecule has 0 spiro atoms. The van der Waals surface area contributed by atoms with Crippen molar-refractivity contribution in [3.05, 3.63) is 53.6 Å². The molecule has 0 amide bonds. The van der Waals surface area contributed by atoms with E-state index < -0.39 is 0 Å². The van der Waals surface area contributed by atoms with Gasteiger partial charge in [-0.25, -0.2) is 0 Å². The van der Waals surface area contributed by atoms with Crippen molar-refractivity contribution in [2.45, 2.75) is 19.0 Å². The van der Waals surface area contributed by atoms with Gasteiger partial charge in [0, 0.05) is 36.3 Å². The fourth-order valence-corrected chi connectivity index (χ4v) is 2.59. The normalized spacial score (nSPS) is 16.9. The molecule has 0 radical (unpaired) electrons. The van der Waals surface area contributed by atoms with Crippen molar-refractivity contribution in [1.82, 2.24) is 5.32 Å². The number of hydrogen-bond donors (Lipinski definition) is 2. The van der Waals surface area contributed by atoms with Crippen molar-refractivity contribution < 1.29 is 9.47 Å². The summed E-state index contributed by atoms with van der Waals surface area (Å²) < 4.78 is 11.0. The van der Waals surface area contributed by atoms with E-state index in [2.05, 4.69) is 23.5 Å². The number of ether oxygens (including phenoxy) is 2. The van der Waals surface area contributed by atoms with Crippen molar-refractivity contribution in [1.29, 1.82) is 0 Å². The molecule has 1 unspecified atom stereocenters. The molecular weight excluding hydrogens is 264 g/mol. The van der Waals surface area contributed by atoms with Crippen LogP contribution in [0.25, 0.3) is 0 Å². The highest BCUT2D eigenvalue weighted by Gasteiger charge is 2.21. The number of fused-ring (bicyclic) bond motifs is 1. The van der Waals surface area contributed by atoms with Crippen LogP contribution in [-0.2, 0) is 6.54 Å². The van der Waals surface area contributed by atoms with Gasteiger partial charge in [0.05, 0.1) is 13.7 Å². The van der Waals surface area contributed by atoms with Gasteiger partial charge >= 0.3 is 0 Å². The largest absolute Gasteiger partial charge is 0.497 e. The lowest BCUT2D eigenvalue weighted by Crippen LogP contribution is -2.26. The number of rotatable bonds is 4. The van der Waals surface area contributed by atoms with E-state index in [1.165, 1.54) is 11.1 Å². The van der Waals surface area contributed by atoms with Crippen molar-refractivity contribution >= 4 is 5.69 Å². The molecule has 3 N–H and O–H groups in total. The quantitative estimate of drug-likeness (QED) is 0.848. The summed E-state index contributed by atoms with van der Waals surface area (Å²) in [7, 11) is 1.67. The first-order valence-electron chi connectivity index (χ1n) is 7.15. The summed E-state index contributed by atoms with van der Waals surface area (Å²) in [6, 6.07) is 14.3. The van der Waals surface area contributed by atoms with E-state index in [9.17, 15) is 0 Å². The number of nitrogen functional groups attached to an aromatic ring is 1. The van der Waals surface area contributed by atoms with E-state index in [0.29, 0.717) is 6.04 Å². The maximum Gasteiger partial charge on any atom is 0.127 e. The zero-order chi connectivity index (χ0) is 14.7. The van der Waals surface area contributed by atoms with Crippen LogP contribution in [-0.4, -0.2) is 13.7 Å². The van der Waals surface area contributed by atoms with Gasteiger partial charge in [-0.05, 0) is 23.8 Å². The number of nitrogens with one attached hydrogen (secondary N) is 1. The highest BCUT2D eigenvalue weighted by molar-refractivity contribution is 5.44. The predicted octanol–water partition coefficient (Wildman–Crippen LogP) is 2.89. The van der Waals surface area contributed by atoms with Crippen molar-refractivity contribution in [3.8, 4) is 11.5 Å². The maximum absolute atomic E-state index is 5.73. The molecule has 1 heterocycles. The molecule has 0 fully saturated rings. The van der Waals surface area contributed by atoms with Gasteiger partial charge in [0.25, 0.3) is 0 Å². The minimum atomic E-state index is 0.303. The molecule has 21 heavy (non-hydrogen) atoms. The van der Waals surface area contributed by atoms with Gasteiger partial charge < -0.3 is 20.5 Å². The summed E-state index contributed by atoms with van der Waals surface area (Å²) in [4.78, 5) is 0. The predicted molar refractivity (Wildman–Crippen MR) is 83.5 cm³/mol. The molecule has 4 heteroatoms. The third-order valence-electron chi connectivity index (χ3n) is 3.79. The second kappa shape index (κ2) is 6.06. The fraction of sp³-hybridized carbons (Fsp3) is 0.294. The van der Waals surface area contributed by atoms with Gasteiger partial charge in [0.2, 0.25) is 0 Å². The smallest absolute Gasteiger partial charge is 0.127 e. The number of anilines is 1. The van der Waals surface area contributed by atoms with Crippen molar-refractivity contribution in [2.75, 3.05) is 19.5 Å². The fourth-order valence-electron chi connectivity index (χ4n) is 2.59. The van der Waals surface area contributed by atoms with Crippen molar-refractivity contribution in [3.63, 3.8) is 0 Å². The zero-order valence-electron chi connectivity index (χ0n) is 12.1. The maximum atomic E-state index is 5.73. The lowest BCUT2D eigenvalue weighted by atomic mass is 10.00. The highest BCUT2D eigenvalue weighted by Crippen LogP contribution is 2.34. The third-order valence-corrected chi connectivity index (χ3v) is 3.79. The van der Waals surface area contributed by atoms with E-state index in [-0.39, 0.29) is 0 Å². The van der Waals surface area contributed by atoms with Crippen molar-refractivity contribution in [2.24, 2.45) is 0 Å². The second-order valence-corrected chi connectivity index (χ2v) is 5.22. The second-order valence-electron chi connectivity index (χ2n) is 5.22. The minimum Gasteiger partial charge on any atom is -0.497 e. The number of hydrogen-bond acceptors (Lipinski definition) is 4. The van der Waals surface area contributed by atoms with Gasteiger partial charge in [-0.15, -0.1) is 0 Å². The molecule has 110 valence electrons. The third kappa shape index (κ3) is 3.11. The minimum absolute atomic E-state index is 0.303. The van der Waals surface area contributed by atoms with Crippen LogP contribution in [0, 0.1) is 0 Å². The zero-order valence-corrected chi connectivity index (χ0v) is 12.1. The summed E-state index contributed by atoms with van der Waals surface area (Å²) in [6.45, 7) is 1.54. The Morgan fingerprint density at radius 1 is 1.24 bits per heavy atom. The molecule has 0 saturated heterocycles. The Bertz CT molecular complexity index is 611. The van der Waals surface area contributed by atoms with E-state index in [0.717, 1.165) is 36.8 Å². The molecule has 2 aromatic rings. The van der Waals surface area contributed by atoms with Crippen LogP contribution in [0.2, 0.25) is 0 Å². The first kappa shape index (κ1) is 13.8.